The van der Waals surface area contributed by atoms with Gasteiger partial charge in [0.25, 0.3) is 0 Å². The number of hydrogen-bond acceptors (Lipinski definition) is 2. The summed E-state index contributed by atoms with van der Waals surface area (Å²) in [6.07, 6.45) is 2.57. The third kappa shape index (κ3) is 3.06. The molecule has 0 aromatic heterocycles. The van der Waals surface area contributed by atoms with Crippen LogP contribution in [0.1, 0.15) is 36.8 Å². The fraction of sp³-hybridized carbons (Fsp3) is 0.571. The van der Waals surface area contributed by atoms with Crippen LogP contribution in [0.4, 0.5) is 0 Å². The Bertz CT molecular complexity index is 299. The van der Waals surface area contributed by atoms with Crippen LogP contribution in [0.3, 0.4) is 0 Å². The van der Waals surface area contributed by atoms with Gasteiger partial charge in [0.2, 0.25) is 0 Å². The van der Waals surface area contributed by atoms with Crippen molar-refractivity contribution >= 4 is 0 Å². The van der Waals surface area contributed by atoms with E-state index < -0.39 is 0 Å². The molecule has 1 aliphatic rings. The van der Waals surface area contributed by atoms with Crippen molar-refractivity contribution in [3.05, 3.63) is 35.4 Å². The van der Waals surface area contributed by atoms with E-state index in [1.165, 1.54) is 37.1 Å². The van der Waals surface area contributed by atoms with E-state index in [1.807, 2.05) is 0 Å². The van der Waals surface area contributed by atoms with Gasteiger partial charge in [-0.2, -0.15) is 0 Å². The summed E-state index contributed by atoms with van der Waals surface area (Å²) in [5.74, 6) is 0.773. The van der Waals surface area contributed by atoms with Gasteiger partial charge in [-0.1, -0.05) is 31.2 Å². The van der Waals surface area contributed by atoms with Crippen LogP contribution in [0, 0.1) is 0 Å². The molecular weight excluding hydrogens is 196 g/mol. The maximum atomic E-state index is 3.41. The highest BCUT2D eigenvalue weighted by Crippen LogP contribution is 2.25. The lowest BCUT2D eigenvalue weighted by molar-refractivity contribution is 0.460. The van der Waals surface area contributed by atoms with Gasteiger partial charge in [0.1, 0.15) is 0 Å². The zero-order chi connectivity index (χ0) is 11.2. The molecule has 16 heavy (non-hydrogen) atoms. The van der Waals surface area contributed by atoms with Crippen LogP contribution in [-0.2, 0) is 6.54 Å². The number of hydrogen-bond donors (Lipinski definition) is 2. The van der Waals surface area contributed by atoms with E-state index in [1.54, 1.807) is 0 Å². The Hall–Kier alpha value is -0.860. The summed E-state index contributed by atoms with van der Waals surface area (Å²) < 4.78 is 0. The average molecular weight is 218 g/mol. The zero-order valence-electron chi connectivity index (χ0n) is 10.1. The minimum Gasteiger partial charge on any atom is -0.317 e. The first-order chi connectivity index (χ1) is 7.90. The van der Waals surface area contributed by atoms with E-state index in [9.17, 15) is 0 Å². The number of rotatable bonds is 4. The lowest BCUT2D eigenvalue weighted by Crippen LogP contribution is -2.26. The van der Waals surface area contributed by atoms with Crippen LogP contribution in [-0.4, -0.2) is 19.6 Å². The molecule has 0 atom stereocenters. The van der Waals surface area contributed by atoms with Crippen LogP contribution >= 0.6 is 0 Å². The second-order valence-electron chi connectivity index (χ2n) is 4.55. The van der Waals surface area contributed by atoms with Crippen LogP contribution < -0.4 is 10.6 Å². The van der Waals surface area contributed by atoms with Crippen LogP contribution in [0.2, 0.25) is 0 Å². The Kier molecular flexibility index (Phi) is 4.37. The molecule has 0 saturated carbocycles. The molecule has 2 N–H and O–H groups in total. The van der Waals surface area contributed by atoms with Gasteiger partial charge in [0.15, 0.2) is 0 Å². The lowest BCUT2D eigenvalue weighted by atomic mass is 9.90. The minimum absolute atomic E-state index is 0.773. The maximum Gasteiger partial charge on any atom is 0.0205 e. The largest absolute Gasteiger partial charge is 0.317 e. The summed E-state index contributed by atoms with van der Waals surface area (Å²) in [4.78, 5) is 0. The summed E-state index contributed by atoms with van der Waals surface area (Å²) in [7, 11) is 0. The molecule has 1 aromatic rings. The van der Waals surface area contributed by atoms with Crippen LogP contribution in [0.25, 0.3) is 0 Å². The van der Waals surface area contributed by atoms with Gasteiger partial charge in [-0.25, -0.2) is 0 Å². The molecule has 0 amide bonds. The predicted molar refractivity (Wildman–Crippen MR) is 68.7 cm³/mol. The van der Waals surface area contributed by atoms with Crippen molar-refractivity contribution < 1.29 is 0 Å². The minimum atomic E-state index is 0.773. The molecule has 2 nitrogen and oxygen atoms in total. The van der Waals surface area contributed by atoms with E-state index in [-0.39, 0.29) is 0 Å². The average Bonchev–Trinajstić information content (AvgIpc) is 2.38. The van der Waals surface area contributed by atoms with E-state index in [0.717, 1.165) is 19.0 Å². The Morgan fingerprint density at radius 2 is 1.88 bits per heavy atom. The number of nitrogens with one attached hydrogen (secondary N) is 2. The second-order valence-corrected chi connectivity index (χ2v) is 4.55. The van der Waals surface area contributed by atoms with Crippen LogP contribution in [0.15, 0.2) is 24.3 Å². The van der Waals surface area contributed by atoms with Crippen molar-refractivity contribution in [1.82, 2.24) is 10.6 Å². The SMILES string of the molecule is CCNCc1ccc(C2CCNCC2)cc1. The lowest BCUT2D eigenvalue weighted by Gasteiger charge is -2.23. The summed E-state index contributed by atoms with van der Waals surface area (Å²) in [5.41, 5.74) is 2.90. The standard InChI is InChI=1S/C14H22N2/c1-2-15-11-12-3-5-13(6-4-12)14-7-9-16-10-8-14/h3-6,14-16H,2,7-11H2,1H3. The molecule has 0 aliphatic carbocycles. The van der Waals surface area contributed by atoms with Gasteiger partial charge in [-0.05, 0) is 49.5 Å². The van der Waals surface area contributed by atoms with E-state index in [0.29, 0.717) is 0 Å². The van der Waals surface area contributed by atoms with Crippen molar-refractivity contribution in [3.8, 4) is 0 Å². The smallest absolute Gasteiger partial charge is 0.0205 e. The topological polar surface area (TPSA) is 24.1 Å². The maximum absolute atomic E-state index is 3.41. The summed E-state index contributed by atoms with van der Waals surface area (Å²) in [6.45, 7) is 6.51. The first kappa shape index (κ1) is 11.6. The van der Waals surface area contributed by atoms with Gasteiger partial charge in [0, 0.05) is 6.54 Å². The van der Waals surface area contributed by atoms with E-state index >= 15 is 0 Å². The molecule has 88 valence electrons. The zero-order valence-corrected chi connectivity index (χ0v) is 10.1. The molecule has 1 saturated heterocycles. The summed E-state index contributed by atoms with van der Waals surface area (Å²) in [6, 6.07) is 9.14. The van der Waals surface area contributed by atoms with Crippen molar-refractivity contribution in [2.75, 3.05) is 19.6 Å². The monoisotopic (exact) mass is 218 g/mol. The molecule has 2 heteroatoms. The molecular formula is C14H22N2. The molecule has 0 spiro atoms. The van der Waals surface area contributed by atoms with Gasteiger partial charge in [-0.15, -0.1) is 0 Å². The van der Waals surface area contributed by atoms with Crippen molar-refractivity contribution in [2.24, 2.45) is 0 Å². The van der Waals surface area contributed by atoms with Gasteiger partial charge < -0.3 is 10.6 Å². The predicted octanol–water partition coefficient (Wildman–Crippen LogP) is 2.26. The highest BCUT2D eigenvalue weighted by atomic mass is 14.9. The quantitative estimate of drug-likeness (QED) is 0.810. The van der Waals surface area contributed by atoms with Gasteiger partial charge >= 0.3 is 0 Å². The molecule has 1 aliphatic heterocycles. The number of benzene rings is 1. The molecule has 0 radical (unpaired) electrons. The molecule has 2 rings (SSSR count). The van der Waals surface area contributed by atoms with Crippen molar-refractivity contribution in [2.45, 2.75) is 32.2 Å². The van der Waals surface area contributed by atoms with Crippen molar-refractivity contribution in [1.29, 1.82) is 0 Å². The van der Waals surface area contributed by atoms with Gasteiger partial charge in [-0.3, -0.25) is 0 Å². The summed E-state index contributed by atoms with van der Waals surface area (Å²) in [5, 5.41) is 6.77. The van der Waals surface area contributed by atoms with Crippen molar-refractivity contribution in [3.63, 3.8) is 0 Å². The highest BCUT2D eigenvalue weighted by Gasteiger charge is 2.14. The second kappa shape index (κ2) is 6.02. The molecule has 1 fully saturated rings. The fourth-order valence-electron chi connectivity index (χ4n) is 2.33. The Morgan fingerprint density at radius 3 is 2.50 bits per heavy atom. The normalized spacial score (nSPS) is 17.6. The fourth-order valence-corrected chi connectivity index (χ4v) is 2.33. The Balaban J connectivity index is 1.95. The third-order valence-electron chi connectivity index (χ3n) is 3.37. The first-order valence-corrected chi connectivity index (χ1v) is 6.40. The molecule has 0 bridgehead atoms. The molecule has 1 heterocycles. The van der Waals surface area contributed by atoms with Gasteiger partial charge in [0.05, 0.1) is 0 Å². The highest BCUT2D eigenvalue weighted by molar-refractivity contribution is 5.25. The Morgan fingerprint density at radius 1 is 1.19 bits per heavy atom. The Labute approximate surface area is 98.4 Å². The first-order valence-electron chi connectivity index (χ1n) is 6.40. The molecule has 0 unspecified atom stereocenters. The van der Waals surface area contributed by atoms with E-state index in [4.69, 9.17) is 0 Å². The van der Waals surface area contributed by atoms with E-state index in [2.05, 4.69) is 41.8 Å². The third-order valence-corrected chi connectivity index (χ3v) is 3.37. The van der Waals surface area contributed by atoms with Crippen LogP contribution in [0.5, 0.6) is 0 Å². The number of piperidine rings is 1. The molecule has 1 aromatic carbocycles. The summed E-state index contributed by atoms with van der Waals surface area (Å²) >= 11 is 0.